The minimum absolute atomic E-state index is 0.567. The van der Waals surface area contributed by atoms with Gasteiger partial charge in [-0.3, -0.25) is 0 Å². The molecule has 2 N–H and O–H groups in total. The summed E-state index contributed by atoms with van der Waals surface area (Å²) in [6.45, 7) is 2.89. The van der Waals surface area contributed by atoms with E-state index in [0.717, 1.165) is 17.6 Å². The molecule has 4 nitrogen and oxygen atoms in total. The summed E-state index contributed by atoms with van der Waals surface area (Å²) < 4.78 is 0. The Labute approximate surface area is 107 Å². The van der Waals surface area contributed by atoms with E-state index >= 15 is 0 Å². The van der Waals surface area contributed by atoms with Gasteiger partial charge in [-0.15, -0.1) is 0 Å². The molecule has 1 aliphatic rings. The first-order valence-corrected chi connectivity index (χ1v) is 7.47. The molecule has 5 heteroatoms. The molecule has 2 rings (SSSR count). The van der Waals surface area contributed by atoms with Gasteiger partial charge < -0.3 is 10.6 Å². The number of hydrogen-bond acceptors (Lipinski definition) is 5. The van der Waals surface area contributed by atoms with Crippen molar-refractivity contribution < 1.29 is 0 Å². The highest BCUT2D eigenvalue weighted by Gasteiger charge is 2.23. The lowest BCUT2D eigenvalue weighted by Gasteiger charge is -2.13. The van der Waals surface area contributed by atoms with Gasteiger partial charge in [0.1, 0.15) is 5.82 Å². The number of nitrogens with zero attached hydrogens (tertiary/aromatic N) is 2. The van der Waals surface area contributed by atoms with Crippen LogP contribution in [0.2, 0.25) is 0 Å². The highest BCUT2D eigenvalue weighted by atomic mass is 32.2. The van der Waals surface area contributed by atoms with Crippen LogP contribution in [-0.2, 0) is 0 Å². The van der Waals surface area contributed by atoms with Crippen LogP contribution in [0.5, 0.6) is 0 Å². The Morgan fingerprint density at radius 3 is 3.06 bits per heavy atom. The fourth-order valence-corrected chi connectivity index (χ4v) is 2.97. The molecule has 1 aromatic rings. The van der Waals surface area contributed by atoms with Crippen molar-refractivity contribution in [2.24, 2.45) is 0 Å². The zero-order chi connectivity index (χ0) is 12.1. The van der Waals surface area contributed by atoms with Crippen molar-refractivity contribution in [2.45, 2.75) is 37.5 Å². The molecule has 1 saturated carbocycles. The number of thioether (sulfide) groups is 1. The molecule has 94 valence electrons. The van der Waals surface area contributed by atoms with Crippen molar-refractivity contribution in [1.29, 1.82) is 0 Å². The number of hydrogen-bond donors (Lipinski definition) is 2. The second-order valence-electron chi connectivity index (χ2n) is 4.31. The number of nitrogens with one attached hydrogen (secondary N) is 2. The molecule has 0 radical (unpaired) electrons. The third-order valence-electron chi connectivity index (χ3n) is 3.06. The average molecular weight is 252 g/mol. The van der Waals surface area contributed by atoms with Crippen molar-refractivity contribution in [1.82, 2.24) is 9.97 Å². The number of rotatable bonds is 5. The Morgan fingerprint density at radius 1 is 1.47 bits per heavy atom. The molecule has 1 aliphatic carbocycles. The topological polar surface area (TPSA) is 49.8 Å². The van der Waals surface area contributed by atoms with E-state index in [9.17, 15) is 0 Å². The maximum Gasteiger partial charge on any atom is 0.224 e. The lowest BCUT2D eigenvalue weighted by molar-refractivity contribution is 0.751. The van der Waals surface area contributed by atoms with E-state index in [1.807, 2.05) is 24.8 Å². The average Bonchev–Trinajstić information content (AvgIpc) is 2.78. The minimum atomic E-state index is 0.567. The van der Waals surface area contributed by atoms with Gasteiger partial charge >= 0.3 is 0 Å². The number of aromatic nitrogens is 2. The molecule has 0 aliphatic heterocycles. The van der Waals surface area contributed by atoms with Crippen LogP contribution in [0.4, 0.5) is 11.8 Å². The van der Waals surface area contributed by atoms with Gasteiger partial charge in [-0.1, -0.05) is 0 Å². The molecule has 0 bridgehead atoms. The van der Waals surface area contributed by atoms with E-state index in [4.69, 9.17) is 0 Å². The molecule has 1 heterocycles. The van der Waals surface area contributed by atoms with Crippen LogP contribution in [-0.4, -0.2) is 34.1 Å². The molecule has 0 aromatic carbocycles. The predicted molar refractivity (Wildman–Crippen MR) is 74.8 cm³/mol. The van der Waals surface area contributed by atoms with Crippen LogP contribution in [0, 0.1) is 0 Å². The largest absolute Gasteiger partial charge is 0.367 e. The predicted octanol–water partition coefficient (Wildman–Crippen LogP) is 2.60. The highest BCUT2D eigenvalue weighted by molar-refractivity contribution is 7.99. The second-order valence-corrected chi connectivity index (χ2v) is 5.45. The van der Waals surface area contributed by atoms with Crippen molar-refractivity contribution in [3.63, 3.8) is 0 Å². The van der Waals surface area contributed by atoms with E-state index in [1.165, 1.54) is 19.3 Å². The van der Waals surface area contributed by atoms with Crippen molar-refractivity contribution >= 4 is 23.5 Å². The van der Waals surface area contributed by atoms with E-state index in [1.54, 1.807) is 6.20 Å². The summed E-state index contributed by atoms with van der Waals surface area (Å²) in [5, 5.41) is 7.43. The third kappa shape index (κ3) is 3.49. The monoisotopic (exact) mass is 252 g/mol. The van der Waals surface area contributed by atoms with Crippen molar-refractivity contribution in [2.75, 3.05) is 23.4 Å². The van der Waals surface area contributed by atoms with E-state index < -0.39 is 0 Å². The van der Waals surface area contributed by atoms with Crippen LogP contribution in [0.15, 0.2) is 12.3 Å². The number of anilines is 2. The van der Waals surface area contributed by atoms with Gasteiger partial charge in [0.2, 0.25) is 5.95 Å². The molecule has 0 amide bonds. The quantitative estimate of drug-likeness (QED) is 0.843. The van der Waals surface area contributed by atoms with Crippen LogP contribution in [0.25, 0.3) is 0 Å². The van der Waals surface area contributed by atoms with Crippen LogP contribution >= 0.6 is 11.8 Å². The van der Waals surface area contributed by atoms with E-state index in [0.29, 0.717) is 12.0 Å². The van der Waals surface area contributed by atoms with E-state index in [2.05, 4.69) is 26.9 Å². The van der Waals surface area contributed by atoms with Crippen LogP contribution < -0.4 is 10.6 Å². The zero-order valence-electron chi connectivity index (χ0n) is 10.4. The normalized spacial score (nSPS) is 23.6. The minimum Gasteiger partial charge on any atom is -0.367 e. The molecule has 0 saturated heterocycles. The Kier molecular flexibility index (Phi) is 4.48. The van der Waals surface area contributed by atoms with Gasteiger partial charge in [0.05, 0.1) is 0 Å². The van der Waals surface area contributed by atoms with Crippen molar-refractivity contribution in [3.05, 3.63) is 12.3 Å². The lowest BCUT2D eigenvalue weighted by Crippen LogP contribution is -2.17. The van der Waals surface area contributed by atoms with Crippen molar-refractivity contribution in [3.8, 4) is 0 Å². The molecular formula is C12H20N4S. The molecule has 1 fully saturated rings. The van der Waals surface area contributed by atoms with Gasteiger partial charge in [-0.2, -0.15) is 16.7 Å². The smallest absolute Gasteiger partial charge is 0.224 e. The Balaban J connectivity index is 1.92. The fourth-order valence-electron chi connectivity index (χ4n) is 2.18. The Hall–Kier alpha value is -0.970. The first-order chi connectivity index (χ1) is 8.31. The van der Waals surface area contributed by atoms with Gasteiger partial charge in [-0.05, 0) is 38.5 Å². The summed E-state index contributed by atoms with van der Waals surface area (Å²) in [4.78, 5) is 8.61. The summed E-state index contributed by atoms with van der Waals surface area (Å²) in [6.07, 6.45) is 7.78. The Bertz CT molecular complexity index is 358. The van der Waals surface area contributed by atoms with E-state index in [-0.39, 0.29) is 0 Å². The highest BCUT2D eigenvalue weighted by Crippen LogP contribution is 2.29. The maximum absolute atomic E-state index is 4.44. The second kappa shape index (κ2) is 6.10. The van der Waals surface area contributed by atoms with Gasteiger partial charge in [0.15, 0.2) is 0 Å². The lowest BCUT2D eigenvalue weighted by atomic mass is 10.2. The molecule has 0 spiro atoms. The zero-order valence-corrected chi connectivity index (χ0v) is 11.3. The first kappa shape index (κ1) is 12.5. The standard InChI is InChI=1S/C12H20N4S/c1-3-13-12-14-7-6-11(16-12)15-9-4-5-10(8-9)17-2/h6-7,9-10H,3-5,8H2,1-2H3,(H2,13,14,15,16). The molecule has 2 unspecified atom stereocenters. The summed E-state index contributed by atoms with van der Waals surface area (Å²) >= 11 is 1.97. The molecular weight excluding hydrogens is 232 g/mol. The molecule has 1 aromatic heterocycles. The summed E-state index contributed by atoms with van der Waals surface area (Å²) in [5.41, 5.74) is 0. The molecule has 17 heavy (non-hydrogen) atoms. The SMILES string of the molecule is CCNc1nccc(NC2CCC(SC)C2)n1. The molecule has 2 atom stereocenters. The fraction of sp³-hybridized carbons (Fsp3) is 0.667. The Morgan fingerprint density at radius 2 is 2.35 bits per heavy atom. The maximum atomic E-state index is 4.44. The van der Waals surface area contributed by atoms with Gasteiger partial charge in [0, 0.05) is 24.0 Å². The summed E-state index contributed by atoms with van der Waals surface area (Å²) in [7, 11) is 0. The van der Waals surface area contributed by atoms with Gasteiger partial charge in [0.25, 0.3) is 0 Å². The van der Waals surface area contributed by atoms with Crippen LogP contribution in [0.1, 0.15) is 26.2 Å². The van der Waals surface area contributed by atoms with Crippen LogP contribution in [0.3, 0.4) is 0 Å². The summed E-state index contributed by atoms with van der Waals surface area (Å²) in [5.74, 6) is 1.64. The van der Waals surface area contributed by atoms with Gasteiger partial charge in [-0.25, -0.2) is 4.98 Å². The summed E-state index contributed by atoms with van der Waals surface area (Å²) in [6, 6.07) is 2.50. The third-order valence-corrected chi connectivity index (χ3v) is 4.16. The first-order valence-electron chi connectivity index (χ1n) is 6.18.